The minimum Gasteiger partial charge on any atom is -0.343 e. The van der Waals surface area contributed by atoms with Gasteiger partial charge < -0.3 is 10.2 Å². The normalized spacial score (nSPS) is 21.3. The van der Waals surface area contributed by atoms with E-state index >= 15 is 0 Å². The van der Waals surface area contributed by atoms with Crippen molar-refractivity contribution in [3.63, 3.8) is 0 Å². The van der Waals surface area contributed by atoms with Crippen molar-refractivity contribution in [3.8, 4) is 6.07 Å². The molecule has 1 saturated heterocycles. The van der Waals surface area contributed by atoms with E-state index in [1.807, 2.05) is 0 Å². The summed E-state index contributed by atoms with van der Waals surface area (Å²) < 4.78 is 38.1. The van der Waals surface area contributed by atoms with E-state index in [0.29, 0.717) is 5.56 Å². The number of alkyl halides is 3. The molecule has 0 radical (unpaired) electrons. The number of nitrogens with zero attached hydrogens (tertiary/aromatic N) is 2. The minimum atomic E-state index is -4.45. The Morgan fingerprint density at radius 3 is 2.54 bits per heavy atom. The minimum absolute atomic E-state index is 0.160. The number of rotatable bonds is 3. The lowest BCUT2D eigenvalue weighted by Gasteiger charge is -2.38. The first kappa shape index (κ1) is 17.8. The molecule has 1 aromatic carbocycles. The van der Waals surface area contributed by atoms with Crippen molar-refractivity contribution in [1.82, 2.24) is 10.2 Å². The second-order valence-electron chi connectivity index (χ2n) is 5.59. The monoisotopic (exact) mass is 339 g/mol. The number of halogens is 3. The first-order valence-corrected chi connectivity index (χ1v) is 7.33. The lowest BCUT2D eigenvalue weighted by Crippen LogP contribution is -2.46. The van der Waals surface area contributed by atoms with Crippen molar-refractivity contribution < 1.29 is 22.8 Å². The topological polar surface area (TPSA) is 73.2 Å². The van der Waals surface area contributed by atoms with Crippen LogP contribution < -0.4 is 5.32 Å². The molecule has 5 nitrogen and oxygen atoms in total. The number of nitrogens with one attached hydrogen (secondary N) is 1. The third kappa shape index (κ3) is 3.67. The van der Waals surface area contributed by atoms with Gasteiger partial charge in [0.05, 0.1) is 23.6 Å². The molecule has 8 heteroatoms. The van der Waals surface area contributed by atoms with Crippen molar-refractivity contribution >= 4 is 11.8 Å². The van der Waals surface area contributed by atoms with Crippen LogP contribution in [0.4, 0.5) is 13.2 Å². The van der Waals surface area contributed by atoms with Gasteiger partial charge in [-0.15, -0.1) is 0 Å². The summed E-state index contributed by atoms with van der Waals surface area (Å²) in [6, 6.07) is 5.58. The summed E-state index contributed by atoms with van der Waals surface area (Å²) in [6.07, 6.45) is -3.99. The maximum atomic E-state index is 12.7. The second-order valence-corrected chi connectivity index (χ2v) is 5.59. The van der Waals surface area contributed by atoms with Crippen LogP contribution in [0, 0.1) is 17.2 Å². The zero-order chi connectivity index (χ0) is 17.9. The average Bonchev–Trinajstić information content (AvgIpc) is 2.54. The number of piperidine rings is 1. The summed E-state index contributed by atoms with van der Waals surface area (Å²) >= 11 is 0. The molecule has 0 aromatic heterocycles. The standard InChI is InChI=1S/C16H16F3N3O2/c1-22-13(23)7-6-12(15(24)21-9-8-20)14(22)10-2-4-11(5-3-10)16(17,18)19/h2-5,12,14H,6-7,9H2,1H3,(H,21,24). The fraction of sp³-hybridized carbons (Fsp3) is 0.438. The van der Waals surface area contributed by atoms with Gasteiger partial charge in [0.25, 0.3) is 0 Å². The number of hydrogen-bond acceptors (Lipinski definition) is 3. The Kier molecular flexibility index (Phi) is 5.12. The molecule has 0 spiro atoms. The van der Waals surface area contributed by atoms with Crippen LogP contribution in [0.1, 0.15) is 30.0 Å². The van der Waals surface area contributed by atoms with Crippen LogP contribution in [0.2, 0.25) is 0 Å². The van der Waals surface area contributed by atoms with Crippen LogP contribution in [-0.4, -0.2) is 30.3 Å². The molecule has 2 rings (SSSR count). The molecule has 1 aliphatic rings. The van der Waals surface area contributed by atoms with Crippen molar-refractivity contribution in [2.75, 3.05) is 13.6 Å². The molecular weight excluding hydrogens is 323 g/mol. The van der Waals surface area contributed by atoms with E-state index in [4.69, 9.17) is 5.26 Å². The Morgan fingerprint density at radius 1 is 1.38 bits per heavy atom. The summed E-state index contributed by atoms with van der Waals surface area (Å²) in [7, 11) is 1.52. The van der Waals surface area contributed by atoms with Crippen molar-refractivity contribution in [2.45, 2.75) is 25.1 Å². The van der Waals surface area contributed by atoms with E-state index in [1.54, 1.807) is 6.07 Å². The smallest absolute Gasteiger partial charge is 0.343 e. The Morgan fingerprint density at radius 2 is 2.00 bits per heavy atom. The maximum Gasteiger partial charge on any atom is 0.416 e. The third-order valence-corrected chi connectivity index (χ3v) is 4.12. The summed E-state index contributed by atoms with van der Waals surface area (Å²) in [6.45, 7) is -0.160. The Balaban J connectivity index is 2.32. The average molecular weight is 339 g/mol. The number of benzene rings is 1. The summed E-state index contributed by atoms with van der Waals surface area (Å²) in [5, 5.41) is 11.0. The molecule has 1 fully saturated rings. The molecule has 2 unspecified atom stereocenters. The van der Waals surface area contributed by atoms with Gasteiger partial charge in [-0.1, -0.05) is 12.1 Å². The molecule has 0 bridgehead atoms. The molecular formula is C16H16F3N3O2. The second kappa shape index (κ2) is 6.91. The molecule has 2 amide bonds. The first-order valence-electron chi connectivity index (χ1n) is 7.33. The number of likely N-dealkylation sites (tertiary alicyclic amines) is 1. The van der Waals surface area contributed by atoms with Crippen LogP contribution in [-0.2, 0) is 15.8 Å². The van der Waals surface area contributed by atoms with Crippen LogP contribution in [0.25, 0.3) is 0 Å². The quantitative estimate of drug-likeness (QED) is 0.859. The molecule has 0 saturated carbocycles. The van der Waals surface area contributed by atoms with Crippen molar-refractivity contribution in [3.05, 3.63) is 35.4 Å². The zero-order valence-electron chi connectivity index (χ0n) is 12.9. The number of hydrogen-bond donors (Lipinski definition) is 1. The van der Waals surface area contributed by atoms with Gasteiger partial charge in [-0.25, -0.2) is 0 Å². The van der Waals surface area contributed by atoms with Gasteiger partial charge in [-0.05, 0) is 24.1 Å². The van der Waals surface area contributed by atoms with Gasteiger partial charge >= 0.3 is 6.18 Å². The molecule has 0 aliphatic carbocycles. The highest BCUT2D eigenvalue weighted by Crippen LogP contribution is 2.37. The fourth-order valence-corrected chi connectivity index (χ4v) is 2.90. The van der Waals surface area contributed by atoms with E-state index in [2.05, 4.69) is 5.32 Å². The van der Waals surface area contributed by atoms with Gasteiger partial charge in [-0.3, -0.25) is 9.59 Å². The van der Waals surface area contributed by atoms with E-state index in [0.717, 1.165) is 12.1 Å². The molecule has 24 heavy (non-hydrogen) atoms. The predicted octanol–water partition coefficient (Wildman–Crippen LogP) is 2.25. The van der Waals surface area contributed by atoms with Crippen molar-refractivity contribution in [2.24, 2.45) is 5.92 Å². The number of carbonyl (C=O) groups excluding carboxylic acids is 2. The third-order valence-electron chi connectivity index (χ3n) is 4.12. The maximum absolute atomic E-state index is 12.7. The Hall–Kier alpha value is -2.56. The summed E-state index contributed by atoms with van der Waals surface area (Å²) in [5.74, 6) is -1.18. The van der Waals surface area contributed by atoms with Crippen molar-refractivity contribution in [1.29, 1.82) is 5.26 Å². The highest BCUT2D eigenvalue weighted by Gasteiger charge is 2.39. The predicted molar refractivity (Wildman–Crippen MR) is 78.3 cm³/mol. The Labute approximate surface area is 137 Å². The number of carbonyl (C=O) groups is 2. The summed E-state index contributed by atoms with van der Waals surface area (Å²) in [4.78, 5) is 25.6. The van der Waals surface area contributed by atoms with Gasteiger partial charge in [0.1, 0.15) is 6.54 Å². The fourth-order valence-electron chi connectivity index (χ4n) is 2.90. The first-order chi connectivity index (χ1) is 11.3. The largest absolute Gasteiger partial charge is 0.416 e. The number of nitriles is 1. The molecule has 1 aliphatic heterocycles. The molecule has 1 heterocycles. The van der Waals surface area contributed by atoms with E-state index in [-0.39, 0.29) is 31.2 Å². The van der Waals surface area contributed by atoms with Crippen LogP contribution in [0.15, 0.2) is 24.3 Å². The van der Waals surface area contributed by atoms with Gasteiger partial charge in [0.15, 0.2) is 0 Å². The Bertz CT molecular complexity index is 665. The van der Waals surface area contributed by atoms with Gasteiger partial charge in [0.2, 0.25) is 11.8 Å². The SMILES string of the molecule is CN1C(=O)CCC(C(=O)NCC#N)C1c1ccc(C(F)(F)F)cc1. The van der Waals surface area contributed by atoms with Crippen LogP contribution in [0.5, 0.6) is 0 Å². The van der Waals surface area contributed by atoms with Gasteiger partial charge in [0, 0.05) is 13.5 Å². The highest BCUT2D eigenvalue weighted by molar-refractivity contribution is 5.85. The van der Waals surface area contributed by atoms with E-state index in [9.17, 15) is 22.8 Å². The molecule has 1 N–H and O–H groups in total. The molecule has 1 aromatic rings. The lowest BCUT2D eigenvalue weighted by atomic mass is 9.83. The lowest BCUT2D eigenvalue weighted by molar-refractivity contribution is -0.142. The molecule has 128 valence electrons. The molecule has 2 atom stereocenters. The van der Waals surface area contributed by atoms with Gasteiger partial charge in [-0.2, -0.15) is 18.4 Å². The van der Waals surface area contributed by atoms with Crippen LogP contribution >= 0.6 is 0 Å². The van der Waals surface area contributed by atoms with Crippen LogP contribution in [0.3, 0.4) is 0 Å². The summed E-state index contributed by atoms with van der Waals surface area (Å²) in [5.41, 5.74) is -0.336. The highest BCUT2D eigenvalue weighted by atomic mass is 19.4. The van der Waals surface area contributed by atoms with E-state index < -0.39 is 23.7 Å². The van der Waals surface area contributed by atoms with E-state index in [1.165, 1.54) is 24.1 Å². The zero-order valence-corrected chi connectivity index (χ0v) is 12.9. The number of amides is 2.